The molecule has 0 radical (unpaired) electrons. The Kier molecular flexibility index (Phi) is 4.69. The molecule has 0 bridgehead atoms. The number of rotatable bonds is 6. The van der Waals surface area contributed by atoms with Crippen LogP contribution in [-0.4, -0.2) is 26.7 Å². The van der Waals surface area contributed by atoms with Gasteiger partial charge in [-0.25, -0.2) is 0 Å². The van der Waals surface area contributed by atoms with E-state index in [1.807, 2.05) is 18.2 Å². The highest BCUT2D eigenvalue weighted by Gasteiger charge is 2.44. The molecule has 1 saturated carbocycles. The van der Waals surface area contributed by atoms with Crippen molar-refractivity contribution >= 4 is 5.91 Å². The number of amides is 1. The molecule has 5 nitrogen and oxygen atoms in total. The first-order chi connectivity index (χ1) is 10.1. The molecule has 1 aromatic rings. The topological polar surface area (TPSA) is 71.3 Å². The fourth-order valence-electron chi connectivity index (χ4n) is 2.45. The van der Waals surface area contributed by atoms with Crippen LogP contribution in [0.3, 0.4) is 0 Å². The number of benzene rings is 1. The van der Waals surface area contributed by atoms with Crippen LogP contribution in [0, 0.1) is 16.7 Å². The zero-order valence-corrected chi connectivity index (χ0v) is 12.4. The van der Waals surface area contributed by atoms with Gasteiger partial charge in [-0.15, -0.1) is 0 Å². The summed E-state index contributed by atoms with van der Waals surface area (Å²) < 4.78 is 10.4. The predicted molar refractivity (Wildman–Crippen MR) is 78.2 cm³/mol. The van der Waals surface area contributed by atoms with E-state index in [9.17, 15) is 4.79 Å². The second-order valence-corrected chi connectivity index (χ2v) is 5.24. The van der Waals surface area contributed by atoms with E-state index in [1.165, 1.54) is 0 Å². The molecule has 0 atom stereocenters. The lowest BCUT2D eigenvalue weighted by atomic mass is 9.69. The molecule has 1 aliphatic rings. The average molecular weight is 288 g/mol. The molecule has 1 N–H and O–H groups in total. The van der Waals surface area contributed by atoms with E-state index in [1.54, 1.807) is 14.2 Å². The summed E-state index contributed by atoms with van der Waals surface area (Å²) in [6.45, 7) is 0.512. The fourth-order valence-corrected chi connectivity index (χ4v) is 2.45. The molecule has 0 aromatic heterocycles. The van der Waals surface area contributed by atoms with Gasteiger partial charge in [-0.05, 0) is 43.4 Å². The molecule has 0 heterocycles. The number of methoxy groups -OCH3 is 2. The average Bonchev–Trinajstić information content (AvgIpc) is 2.46. The molecule has 5 heteroatoms. The van der Waals surface area contributed by atoms with Gasteiger partial charge in [0.1, 0.15) is 5.41 Å². The standard InChI is InChI=1S/C16H20N2O3/c1-20-13-5-4-12(10-14(13)21-2)6-9-18-15(19)16(11-17)7-3-8-16/h4-5,10H,3,6-9H2,1-2H3,(H,18,19). The van der Waals surface area contributed by atoms with Gasteiger partial charge in [-0.3, -0.25) is 4.79 Å². The molecular weight excluding hydrogens is 268 g/mol. The number of nitrogens with one attached hydrogen (secondary N) is 1. The highest BCUT2D eigenvalue weighted by Crippen LogP contribution is 2.40. The number of ether oxygens (including phenoxy) is 2. The maximum atomic E-state index is 12.0. The summed E-state index contributed by atoms with van der Waals surface area (Å²) in [5.41, 5.74) is 0.269. The van der Waals surface area contributed by atoms with Gasteiger partial charge < -0.3 is 14.8 Å². The van der Waals surface area contributed by atoms with Gasteiger partial charge in [-0.1, -0.05) is 6.07 Å². The van der Waals surface area contributed by atoms with Gasteiger partial charge in [0.2, 0.25) is 5.91 Å². The molecular formula is C16H20N2O3. The summed E-state index contributed by atoms with van der Waals surface area (Å²) >= 11 is 0. The summed E-state index contributed by atoms with van der Waals surface area (Å²) in [6.07, 6.45) is 2.99. The molecule has 1 aliphatic carbocycles. The Bertz CT molecular complexity index is 559. The van der Waals surface area contributed by atoms with Crippen LogP contribution in [0.25, 0.3) is 0 Å². The zero-order valence-electron chi connectivity index (χ0n) is 12.4. The third-order valence-electron chi connectivity index (χ3n) is 4.00. The van der Waals surface area contributed by atoms with Crippen molar-refractivity contribution in [3.05, 3.63) is 23.8 Å². The third kappa shape index (κ3) is 3.10. The molecule has 2 rings (SSSR count). The van der Waals surface area contributed by atoms with Crippen LogP contribution in [0.2, 0.25) is 0 Å². The van der Waals surface area contributed by atoms with Crippen molar-refractivity contribution in [2.45, 2.75) is 25.7 Å². The largest absolute Gasteiger partial charge is 0.493 e. The van der Waals surface area contributed by atoms with E-state index >= 15 is 0 Å². The van der Waals surface area contributed by atoms with Crippen molar-refractivity contribution in [2.24, 2.45) is 5.41 Å². The Hall–Kier alpha value is -2.22. The van der Waals surface area contributed by atoms with E-state index in [0.717, 1.165) is 12.0 Å². The normalized spacial score (nSPS) is 15.5. The van der Waals surface area contributed by atoms with Crippen molar-refractivity contribution in [1.29, 1.82) is 5.26 Å². The van der Waals surface area contributed by atoms with Crippen LogP contribution in [0.4, 0.5) is 0 Å². The van der Waals surface area contributed by atoms with Crippen molar-refractivity contribution in [1.82, 2.24) is 5.32 Å². The van der Waals surface area contributed by atoms with E-state index < -0.39 is 5.41 Å². The molecule has 0 saturated heterocycles. The van der Waals surface area contributed by atoms with Crippen LogP contribution >= 0.6 is 0 Å². The minimum atomic E-state index is -0.780. The summed E-state index contributed by atoms with van der Waals surface area (Å²) in [4.78, 5) is 12.0. The fraction of sp³-hybridized carbons (Fsp3) is 0.500. The highest BCUT2D eigenvalue weighted by atomic mass is 16.5. The highest BCUT2D eigenvalue weighted by molar-refractivity contribution is 5.86. The minimum absolute atomic E-state index is 0.142. The first-order valence-electron chi connectivity index (χ1n) is 7.05. The molecule has 0 spiro atoms. The van der Waals surface area contributed by atoms with Crippen molar-refractivity contribution in [3.8, 4) is 17.6 Å². The molecule has 1 fully saturated rings. The van der Waals surface area contributed by atoms with E-state index in [4.69, 9.17) is 14.7 Å². The smallest absolute Gasteiger partial charge is 0.240 e. The van der Waals surface area contributed by atoms with Crippen LogP contribution < -0.4 is 14.8 Å². The molecule has 21 heavy (non-hydrogen) atoms. The SMILES string of the molecule is COc1ccc(CCNC(=O)C2(C#N)CCC2)cc1OC. The lowest BCUT2D eigenvalue weighted by Gasteiger charge is -2.33. The van der Waals surface area contributed by atoms with E-state index in [0.29, 0.717) is 37.3 Å². The Morgan fingerprint density at radius 1 is 1.33 bits per heavy atom. The van der Waals surface area contributed by atoms with Crippen molar-refractivity contribution < 1.29 is 14.3 Å². The number of carbonyl (C=O) groups excluding carboxylic acids is 1. The van der Waals surface area contributed by atoms with Gasteiger partial charge in [-0.2, -0.15) is 5.26 Å². The number of hydrogen-bond acceptors (Lipinski definition) is 4. The van der Waals surface area contributed by atoms with E-state index in [-0.39, 0.29) is 5.91 Å². The molecule has 1 aromatic carbocycles. The lowest BCUT2D eigenvalue weighted by molar-refractivity contribution is -0.131. The van der Waals surface area contributed by atoms with Crippen LogP contribution in [0.1, 0.15) is 24.8 Å². The van der Waals surface area contributed by atoms with Gasteiger partial charge >= 0.3 is 0 Å². The minimum Gasteiger partial charge on any atom is -0.493 e. The number of nitriles is 1. The van der Waals surface area contributed by atoms with Crippen molar-refractivity contribution in [3.63, 3.8) is 0 Å². The molecule has 0 unspecified atom stereocenters. The summed E-state index contributed by atoms with van der Waals surface area (Å²) in [5.74, 6) is 1.22. The zero-order chi connectivity index (χ0) is 15.3. The number of carbonyl (C=O) groups is 1. The van der Waals surface area contributed by atoms with E-state index in [2.05, 4.69) is 11.4 Å². The summed E-state index contributed by atoms with van der Waals surface area (Å²) in [7, 11) is 3.19. The van der Waals surface area contributed by atoms with Crippen LogP contribution in [0.15, 0.2) is 18.2 Å². The second-order valence-electron chi connectivity index (χ2n) is 5.24. The van der Waals surface area contributed by atoms with Gasteiger partial charge in [0.15, 0.2) is 11.5 Å². The van der Waals surface area contributed by atoms with Gasteiger partial charge in [0, 0.05) is 6.54 Å². The van der Waals surface area contributed by atoms with Crippen LogP contribution in [0.5, 0.6) is 11.5 Å². The Morgan fingerprint density at radius 3 is 2.57 bits per heavy atom. The van der Waals surface area contributed by atoms with Gasteiger partial charge in [0.25, 0.3) is 0 Å². The second kappa shape index (κ2) is 6.49. The number of nitrogens with zero attached hydrogens (tertiary/aromatic N) is 1. The third-order valence-corrected chi connectivity index (χ3v) is 4.00. The lowest BCUT2D eigenvalue weighted by Crippen LogP contribution is -2.45. The van der Waals surface area contributed by atoms with Crippen molar-refractivity contribution in [2.75, 3.05) is 20.8 Å². The van der Waals surface area contributed by atoms with Gasteiger partial charge in [0.05, 0.1) is 20.3 Å². The summed E-state index contributed by atoms with van der Waals surface area (Å²) in [6, 6.07) is 7.83. The predicted octanol–water partition coefficient (Wildman–Crippen LogP) is 2.06. The summed E-state index contributed by atoms with van der Waals surface area (Å²) in [5, 5.41) is 12.0. The molecule has 112 valence electrons. The monoisotopic (exact) mass is 288 g/mol. The first kappa shape index (κ1) is 15.2. The first-order valence-corrected chi connectivity index (χ1v) is 7.05. The maximum absolute atomic E-state index is 12.0. The Labute approximate surface area is 124 Å². The Morgan fingerprint density at radius 2 is 2.05 bits per heavy atom. The number of hydrogen-bond donors (Lipinski definition) is 1. The van der Waals surface area contributed by atoms with Crippen LogP contribution in [-0.2, 0) is 11.2 Å². The molecule has 0 aliphatic heterocycles. The maximum Gasteiger partial charge on any atom is 0.240 e. The molecule has 1 amide bonds. The Balaban J connectivity index is 1.89. The quantitative estimate of drug-likeness (QED) is 0.869.